The maximum Gasteiger partial charge on any atom is 0.396 e. The molecule has 2 amide bonds. The number of halogens is 3. The van der Waals surface area contributed by atoms with Gasteiger partial charge < -0.3 is 10.6 Å². The van der Waals surface area contributed by atoms with Crippen LogP contribution in [0.1, 0.15) is 32.6 Å². The average Bonchev–Trinajstić information content (AvgIpc) is 3.08. The SMILES string of the molecule is C[C@H]1CC[C@H](C2(C(F)(F)F)CC2)N(C(=O)C(N)=O)C1. The Hall–Kier alpha value is -1.27. The lowest BCUT2D eigenvalue weighted by molar-refractivity contribution is -0.210. The van der Waals surface area contributed by atoms with Crippen molar-refractivity contribution in [3.63, 3.8) is 0 Å². The molecule has 2 atom stereocenters. The van der Waals surface area contributed by atoms with Gasteiger partial charge in [-0.15, -0.1) is 0 Å². The molecule has 7 heteroatoms. The molecule has 0 bridgehead atoms. The van der Waals surface area contributed by atoms with Crippen LogP contribution in [0.25, 0.3) is 0 Å². The second-order valence-corrected chi connectivity index (χ2v) is 5.67. The van der Waals surface area contributed by atoms with Crippen LogP contribution in [0.2, 0.25) is 0 Å². The molecule has 1 heterocycles. The number of carbonyl (C=O) groups excluding carboxylic acids is 2. The number of hydrogen-bond acceptors (Lipinski definition) is 2. The Kier molecular flexibility index (Phi) is 3.26. The van der Waals surface area contributed by atoms with Crippen LogP contribution in [0.5, 0.6) is 0 Å². The first-order valence-corrected chi connectivity index (χ1v) is 6.36. The van der Waals surface area contributed by atoms with Crippen LogP contribution in [-0.4, -0.2) is 35.5 Å². The topological polar surface area (TPSA) is 63.4 Å². The maximum atomic E-state index is 13.2. The number of rotatable bonds is 1. The molecule has 0 aromatic rings. The molecule has 2 fully saturated rings. The predicted molar refractivity (Wildman–Crippen MR) is 60.8 cm³/mol. The Morgan fingerprint density at radius 1 is 1.26 bits per heavy atom. The minimum absolute atomic E-state index is 0.0259. The van der Waals surface area contributed by atoms with Crippen molar-refractivity contribution in [3.05, 3.63) is 0 Å². The fourth-order valence-electron chi connectivity index (χ4n) is 3.03. The molecule has 0 unspecified atom stereocenters. The Morgan fingerprint density at radius 3 is 2.26 bits per heavy atom. The Balaban J connectivity index is 2.27. The fourth-order valence-corrected chi connectivity index (χ4v) is 3.03. The van der Waals surface area contributed by atoms with Crippen molar-refractivity contribution in [1.29, 1.82) is 0 Å². The van der Waals surface area contributed by atoms with Crippen LogP contribution in [0, 0.1) is 11.3 Å². The van der Waals surface area contributed by atoms with E-state index in [1.165, 1.54) is 0 Å². The van der Waals surface area contributed by atoms with Crippen molar-refractivity contribution in [3.8, 4) is 0 Å². The van der Waals surface area contributed by atoms with Crippen LogP contribution in [0.3, 0.4) is 0 Å². The number of alkyl halides is 3. The number of primary amides is 1. The first kappa shape index (κ1) is 14.1. The van der Waals surface area contributed by atoms with Gasteiger partial charge in [0, 0.05) is 12.6 Å². The number of piperidine rings is 1. The minimum atomic E-state index is -4.34. The molecule has 0 aromatic carbocycles. The number of hydrogen-bond donors (Lipinski definition) is 1. The van der Waals surface area contributed by atoms with Gasteiger partial charge in [0.25, 0.3) is 0 Å². The van der Waals surface area contributed by atoms with E-state index < -0.39 is 29.4 Å². The summed E-state index contributed by atoms with van der Waals surface area (Å²) in [7, 11) is 0. The summed E-state index contributed by atoms with van der Waals surface area (Å²) in [6, 6.07) is -0.941. The van der Waals surface area contributed by atoms with E-state index in [0.717, 1.165) is 4.90 Å². The molecular weight excluding hydrogens is 261 g/mol. The quantitative estimate of drug-likeness (QED) is 0.738. The molecule has 19 heavy (non-hydrogen) atoms. The molecule has 108 valence electrons. The van der Waals surface area contributed by atoms with Crippen molar-refractivity contribution >= 4 is 11.8 Å². The number of nitrogens with two attached hydrogens (primary N) is 1. The molecule has 1 saturated carbocycles. The second kappa shape index (κ2) is 4.38. The highest BCUT2D eigenvalue weighted by molar-refractivity contribution is 6.34. The first-order chi connectivity index (χ1) is 8.69. The van der Waals surface area contributed by atoms with Gasteiger partial charge in [-0.25, -0.2) is 0 Å². The van der Waals surface area contributed by atoms with Crippen LogP contribution in [-0.2, 0) is 9.59 Å². The fraction of sp³-hybridized carbons (Fsp3) is 0.833. The van der Waals surface area contributed by atoms with E-state index in [1.54, 1.807) is 0 Å². The standard InChI is InChI=1S/C12H17F3N2O2/c1-7-2-3-8(11(4-5-11)12(13,14)15)17(6-7)10(19)9(16)18/h7-8H,2-6H2,1H3,(H2,16,18)/t7-,8+/m0/s1. The molecule has 1 saturated heterocycles. The van der Waals surface area contributed by atoms with Crippen LogP contribution in [0.4, 0.5) is 13.2 Å². The van der Waals surface area contributed by atoms with Gasteiger partial charge in [0.2, 0.25) is 0 Å². The summed E-state index contributed by atoms with van der Waals surface area (Å²) >= 11 is 0. The summed E-state index contributed by atoms with van der Waals surface area (Å²) in [4.78, 5) is 23.8. The summed E-state index contributed by atoms with van der Waals surface area (Å²) in [5.41, 5.74) is 3.11. The third kappa shape index (κ3) is 2.30. The lowest BCUT2D eigenvalue weighted by atomic mass is 9.83. The zero-order chi connectivity index (χ0) is 14.4. The zero-order valence-electron chi connectivity index (χ0n) is 10.7. The van der Waals surface area contributed by atoms with Crippen molar-refractivity contribution in [2.24, 2.45) is 17.1 Å². The third-order valence-corrected chi connectivity index (χ3v) is 4.28. The summed E-state index contributed by atoms with van der Waals surface area (Å²) in [5, 5.41) is 0. The molecule has 1 aliphatic carbocycles. The molecule has 0 radical (unpaired) electrons. The first-order valence-electron chi connectivity index (χ1n) is 6.36. The van der Waals surface area contributed by atoms with Crippen LogP contribution >= 0.6 is 0 Å². The molecule has 2 N–H and O–H groups in total. The smallest absolute Gasteiger partial charge is 0.361 e. The maximum absolute atomic E-state index is 13.2. The highest BCUT2D eigenvalue weighted by Crippen LogP contribution is 2.62. The van der Waals surface area contributed by atoms with Gasteiger partial charge in [-0.2, -0.15) is 13.2 Å². The van der Waals surface area contributed by atoms with Gasteiger partial charge in [-0.3, -0.25) is 9.59 Å². The second-order valence-electron chi connectivity index (χ2n) is 5.67. The van der Waals surface area contributed by atoms with E-state index in [4.69, 9.17) is 5.73 Å². The molecule has 0 aromatic heterocycles. The lowest BCUT2D eigenvalue weighted by Gasteiger charge is -2.43. The van der Waals surface area contributed by atoms with Gasteiger partial charge in [-0.1, -0.05) is 6.92 Å². The molecule has 0 spiro atoms. The van der Waals surface area contributed by atoms with Crippen LogP contribution < -0.4 is 5.73 Å². The predicted octanol–water partition coefficient (Wildman–Crippen LogP) is 1.44. The summed E-state index contributed by atoms with van der Waals surface area (Å²) in [6.45, 7) is 2.02. The number of nitrogens with zero attached hydrogens (tertiary/aromatic N) is 1. The normalized spacial score (nSPS) is 30.0. The number of amides is 2. The van der Waals surface area contributed by atoms with E-state index >= 15 is 0 Å². The monoisotopic (exact) mass is 278 g/mol. The van der Waals surface area contributed by atoms with E-state index in [0.29, 0.717) is 6.42 Å². The van der Waals surface area contributed by atoms with Crippen LogP contribution in [0.15, 0.2) is 0 Å². The highest BCUT2D eigenvalue weighted by atomic mass is 19.4. The van der Waals surface area contributed by atoms with Gasteiger partial charge in [0.15, 0.2) is 0 Å². The average molecular weight is 278 g/mol. The third-order valence-electron chi connectivity index (χ3n) is 4.28. The highest BCUT2D eigenvalue weighted by Gasteiger charge is 2.69. The summed E-state index contributed by atoms with van der Waals surface area (Å²) < 4.78 is 39.5. The van der Waals surface area contributed by atoms with Gasteiger partial charge in [-0.05, 0) is 31.6 Å². The Morgan fingerprint density at radius 2 is 1.84 bits per heavy atom. The molecular formula is C12H17F3N2O2. The summed E-state index contributed by atoms with van der Waals surface area (Å²) in [5.74, 6) is -2.09. The lowest BCUT2D eigenvalue weighted by Crippen LogP contribution is -2.56. The van der Waals surface area contributed by atoms with Crippen molar-refractivity contribution in [1.82, 2.24) is 4.90 Å². The van der Waals surface area contributed by atoms with Crippen molar-refractivity contribution < 1.29 is 22.8 Å². The molecule has 2 aliphatic rings. The van der Waals surface area contributed by atoms with Gasteiger partial charge >= 0.3 is 18.0 Å². The Labute approximate surface area is 109 Å². The number of carbonyl (C=O) groups is 2. The minimum Gasteiger partial charge on any atom is -0.361 e. The van der Waals surface area contributed by atoms with E-state index in [-0.39, 0.29) is 31.7 Å². The molecule has 4 nitrogen and oxygen atoms in total. The summed E-state index contributed by atoms with van der Waals surface area (Å²) in [6.07, 6.45) is -3.38. The van der Waals surface area contributed by atoms with Crippen molar-refractivity contribution in [2.75, 3.05) is 6.54 Å². The van der Waals surface area contributed by atoms with Gasteiger partial charge in [0.1, 0.15) is 0 Å². The van der Waals surface area contributed by atoms with Gasteiger partial charge in [0.05, 0.1) is 5.41 Å². The van der Waals surface area contributed by atoms with E-state index in [9.17, 15) is 22.8 Å². The van der Waals surface area contributed by atoms with E-state index in [1.807, 2.05) is 6.92 Å². The Bertz CT molecular complexity index is 404. The zero-order valence-corrected chi connectivity index (χ0v) is 10.7. The van der Waals surface area contributed by atoms with Crippen molar-refractivity contribution in [2.45, 2.75) is 44.8 Å². The number of likely N-dealkylation sites (tertiary alicyclic amines) is 1. The molecule has 2 rings (SSSR count). The van der Waals surface area contributed by atoms with E-state index in [2.05, 4.69) is 0 Å². The molecule has 1 aliphatic heterocycles. The largest absolute Gasteiger partial charge is 0.396 e.